The predicted molar refractivity (Wildman–Crippen MR) is 88.7 cm³/mol. The van der Waals surface area contributed by atoms with Crippen molar-refractivity contribution in [2.75, 3.05) is 13.7 Å². The highest BCUT2D eigenvalue weighted by Gasteiger charge is 2.52. The third kappa shape index (κ3) is 4.12. The largest absolute Gasteiger partial charge is 0.468 e. The summed E-state index contributed by atoms with van der Waals surface area (Å²) in [6.07, 6.45) is 5.61. The van der Waals surface area contributed by atoms with Gasteiger partial charge in [0.2, 0.25) is 10.0 Å². The summed E-state index contributed by atoms with van der Waals surface area (Å²) in [6, 6.07) is 6.56. The Morgan fingerprint density at radius 3 is 2.35 bits per heavy atom. The van der Waals surface area contributed by atoms with Gasteiger partial charge >= 0.3 is 5.97 Å². The minimum atomic E-state index is -3.48. The van der Waals surface area contributed by atoms with Crippen LogP contribution in [0.1, 0.15) is 51.0 Å². The summed E-state index contributed by atoms with van der Waals surface area (Å²) in [5.74, 6) is -0.248. The van der Waals surface area contributed by atoms with Crippen LogP contribution in [0, 0.1) is 0 Å². The summed E-state index contributed by atoms with van der Waals surface area (Å²) in [5.41, 5.74) is 0.260. The molecule has 0 bridgehead atoms. The smallest absolute Gasteiger partial charge is 0.316 e. The third-order valence-corrected chi connectivity index (χ3v) is 5.84. The quantitative estimate of drug-likeness (QED) is 0.555. The average Bonchev–Trinajstić information content (AvgIpc) is 3.36. The molecule has 6 heteroatoms. The van der Waals surface area contributed by atoms with E-state index in [9.17, 15) is 13.2 Å². The number of hydrogen-bond acceptors (Lipinski definition) is 4. The monoisotopic (exact) mass is 339 g/mol. The molecule has 1 aromatic rings. The van der Waals surface area contributed by atoms with Crippen molar-refractivity contribution < 1.29 is 17.9 Å². The number of rotatable bonds is 9. The summed E-state index contributed by atoms with van der Waals surface area (Å²) >= 11 is 0. The minimum absolute atomic E-state index is 0.234. The molecule has 0 amide bonds. The highest BCUT2D eigenvalue weighted by atomic mass is 32.2. The highest BCUT2D eigenvalue weighted by molar-refractivity contribution is 7.89. The second kappa shape index (κ2) is 7.45. The van der Waals surface area contributed by atoms with Gasteiger partial charge in [-0.15, -0.1) is 0 Å². The number of methoxy groups -OCH3 is 1. The number of ether oxygens (including phenoxy) is 1. The molecule has 1 aliphatic rings. The Balaban J connectivity index is 2.00. The molecular formula is C17H25NO4S. The van der Waals surface area contributed by atoms with Crippen LogP contribution in [0.4, 0.5) is 0 Å². The maximum Gasteiger partial charge on any atom is 0.316 e. The molecule has 0 radical (unpaired) electrons. The lowest BCUT2D eigenvalue weighted by Gasteiger charge is -2.13. The fraction of sp³-hybridized carbons (Fsp3) is 0.588. The van der Waals surface area contributed by atoms with Gasteiger partial charge in [0.15, 0.2) is 0 Å². The molecular weight excluding hydrogens is 314 g/mol. The zero-order chi connectivity index (χ0) is 16.9. The van der Waals surface area contributed by atoms with Gasteiger partial charge in [-0.1, -0.05) is 38.3 Å². The van der Waals surface area contributed by atoms with Crippen molar-refractivity contribution in [2.24, 2.45) is 0 Å². The molecule has 0 unspecified atom stereocenters. The Morgan fingerprint density at radius 1 is 1.17 bits per heavy atom. The van der Waals surface area contributed by atoms with E-state index in [1.54, 1.807) is 24.3 Å². The van der Waals surface area contributed by atoms with Crippen LogP contribution < -0.4 is 4.72 Å². The number of sulfonamides is 1. The minimum Gasteiger partial charge on any atom is -0.468 e. The second-order valence-electron chi connectivity index (χ2n) is 6.06. The van der Waals surface area contributed by atoms with Gasteiger partial charge in [0, 0.05) is 6.54 Å². The summed E-state index contributed by atoms with van der Waals surface area (Å²) in [4.78, 5) is 12.1. The summed E-state index contributed by atoms with van der Waals surface area (Å²) in [5, 5.41) is 0. The van der Waals surface area contributed by atoms with Crippen LogP contribution in [-0.4, -0.2) is 28.0 Å². The molecule has 1 aromatic carbocycles. The second-order valence-corrected chi connectivity index (χ2v) is 7.82. The summed E-state index contributed by atoms with van der Waals surface area (Å²) in [6.45, 7) is 2.57. The van der Waals surface area contributed by atoms with E-state index in [-0.39, 0.29) is 10.9 Å². The van der Waals surface area contributed by atoms with Crippen LogP contribution in [0.2, 0.25) is 0 Å². The van der Waals surface area contributed by atoms with Crippen molar-refractivity contribution >= 4 is 16.0 Å². The molecule has 128 valence electrons. The molecule has 5 nitrogen and oxygen atoms in total. The maximum atomic E-state index is 12.2. The maximum absolute atomic E-state index is 12.2. The fourth-order valence-corrected chi connectivity index (χ4v) is 3.80. The number of carbonyl (C=O) groups is 1. The number of benzene rings is 1. The van der Waals surface area contributed by atoms with Gasteiger partial charge in [-0.05, 0) is 37.0 Å². The van der Waals surface area contributed by atoms with Crippen molar-refractivity contribution in [2.45, 2.75) is 55.8 Å². The molecule has 2 rings (SSSR count). The van der Waals surface area contributed by atoms with E-state index in [1.165, 1.54) is 7.11 Å². The third-order valence-electron chi connectivity index (χ3n) is 4.37. The lowest BCUT2D eigenvalue weighted by molar-refractivity contribution is -0.143. The first-order valence-electron chi connectivity index (χ1n) is 8.15. The molecule has 23 heavy (non-hydrogen) atoms. The van der Waals surface area contributed by atoms with Gasteiger partial charge < -0.3 is 4.74 Å². The van der Waals surface area contributed by atoms with E-state index in [4.69, 9.17) is 4.74 Å². The zero-order valence-electron chi connectivity index (χ0n) is 13.8. The van der Waals surface area contributed by atoms with E-state index >= 15 is 0 Å². The fourth-order valence-electron chi connectivity index (χ4n) is 2.73. The van der Waals surface area contributed by atoms with Crippen molar-refractivity contribution in [3.05, 3.63) is 29.8 Å². The summed E-state index contributed by atoms with van der Waals surface area (Å²) in [7, 11) is -2.10. The van der Waals surface area contributed by atoms with E-state index in [0.29, 0.717) is 6.54 Å². The van der Waals surface area contributed by atoms with E-state index in [1.807, 2.05) is 0 Å². The van der Waals surface area contributed by atoms with Gasteiger partial charge in [0.05, 0.1) is 17.4 Å². The molecule has 0 spiro atoms. The van der Waals surface area contributed by atoms with Gasteiger partial charge in [-0.3, -0.25) is 4.79 Å². The molecule has 0 atom stereocenters. The first-order valence-corrected chi connectivity index (χ1v) is 9.63. The lowest BCUT2D eigenvalue weighted by atomic mass is 9.96. The zero-order valence-corrected chi connectivity index (χ0v) is 14.6. The Kier molecular flexibility index (Phi) is 5.81. The molecule has 0 aliphatic heterocycles. The Hall–Kier alpha value is -1.40. The van der Waals surface area contributed by atoms with Gasteiger partial charge in [0.1, 0.15) is 0 Å². The standard InChI is InChI=1S/C17H25NO4S/c1-3-4-5-6-13-18-23(20,21)15-9-7-14(8-10-15)17(11-12-17)16(19)22-2/h7-10,18H,3-6,11-13H2,1-2H3. The van der Waals surface area contributed by atoms with Gasteiger partial charge in [-0.2, -0.15) is 0 Å². The van der Waals surface area contributed by atoms with Crippen LogP contribution in [-0.2, 0) is 25.0 Å². The van der Waals surface area contributed by atoms with E-state index < -0.39 is 15.4 Å². The Bertz CT molecular complexity index is 633. The van der Waals surface area contributed by atoms with Crippen molar-refractivity contribution in [3.8, 4) is 0 Å². The number of esters is 1. The van der Waals surface area contributed by atoms with Gasteiger partial charge in [0.25, 0.3) is 0 Å². The van der Waals surface area contributed by atoms with Crippen molar-refractivity contribution in [3.63, 3.8) is 0 Å². The van der Waals surface area contributed by atoms with E-state index in [0.717, 1.165) is 44.1 Å². The first kappa shape index (κ1) is 17.9. The van der Waals surface area contributed by atoms with Crippen LogP contribution in [0.5, 0.6) is 0 Å². The van der Waals surface area contributed by atoms with Crippen LogP contribution in [0.3, 0.4) is 0 Å². The molecule has 1 N–H and O–H groups in total. The predicted octanol–water partition coefficient (Wildman–Crippen LogP) is 2.75. The number of hydrogen-bond donors (Lipinski definition) is 1. The Morgan fingerprint density at radius 2 is 1.83 bits per heavy atom. The topological polar surface area (TPSA) is 72.5 Å². The number of unbranched alkanes of at least 4 members (excludes halogenated alkanes) is 3. The van der Waals surface area contributed by atoms with Gasteiger partial charge in [-0.25, -0.2) is 13.1 Å². The molecule has 1 fully saturated rings. The molecule has 0 aromatic heterocycles. The van der Waals surface area contributed by atoms with E-state index in [2.05, 4.69) is 11.6 Å². The summed E-state index contributed by atoms with van der Waals surface area (Å²) < 4.78 is 31.9. The lowest BCUT2D eigenvalue weighted by Crippen LogP contribution is -2.25. The number of nitrogens with one attached hydrogen (secondary N) is 1. The highest BCUT2D eigenvalue weighted by Crippen LogP contribution is 2.49. The molecule has 1 saturated carbocycles. The first-order chi connectivity index (χ1) is 11.0. The molecule has 0 heterocycles. The SMILES string of the molecule is CCCCCCNS(=O)(=O)c1ccc(C2(C(=O)OC)CC2)cc1. The molecule has 1 aliphatic carbocycles. The Labute approximate surface area is 138 Å². The van der Waals surface area contributed by atoms with Crippen molar-refractivity contribution in [1.82, 2.24) is 4.72 Å². The normalized spacial score (nSPS) is 16.1. The van der Waals surface area contributed by atoms with Crippen molar-refractivity contribution in [1.29, 1.82) is 0 Å². The van der Waals surface area contributed by atoms with Crippen LogP contribution in [0.15, 0.2) is 29.2 Å². The average molecular weight is 339 g/mol. The van der Waals surface area contributed by atoms with Crippen LogP contribution in [0.25, 0.3) is 0 Å². The number of carbonyl (C=O) groups excluding carboxylic acids is 1. The molecule has 0 saturated heterocycles. The van der Waals surface area contributed by atoms with Crippen LogP contribution >= 0.6 is 0 Å².